The number of anilines is 2. The number of hydrogen-bond donors (Lipinski definition) is 1. The van der Waals surface area contributed by atoms with Crippen molar-refractivity contribution < 1.29 is 18.0 Å². The van der Waals surface area contributed by atoms with Crippen LogP contribution < -0.4 is 10.2 Å². The van der Waals surface area contributed by atoms with Gasteiger partial charge in [-0.3, -0.25) is 0 Å². The number of nitrogens with zero attached hydrogens (tertiary/aromatic N) is 3. The van der Waals surface area contributed by atoms with Crippen LogP contribution in [0, 0.1) is 6.92 Å². The molecule has 1 aromatic carbocycles. The third kappa shape index (κ3) is 4.32. The van der Waals surface area contributed by atoms with Gasteiger partial charge in [0.1, 0.15) is 5.82 Å². The lowest BCUT2D eigenvalue weighted by molar-refractivity contribution is -0.137. The molecule has 3 rings (SSSR count). The van der Waals surface area contributed by atoms with Crippen molar-refractivity contribution in [3.8, 4) is 0 Å². The number of halogens is 3. The molecule has 5 nitrogen and oxygen atoms in total. The molecular formula is C19H21F3N4O. The third-order valence-corrected chi connectivity index (χ3v) is 4.58. The van der Waals surface area contributed by atoms with E-state index in [9.17, 15) is 18.0 Å². The van der Waals surface area contributed by atoms with E-state index >= 15 is 0 Å². The first kappa shape index (κ1) is 19.0. The Morgan fingerprint density at radius 3 is 2.52 bits per heavy atom. The fourth-order valence-electron chi connectivity index (χ4n) is 3.15. The topological polar surface area (TPSA) is 48.5 Å². The quantitative estimate of drug-likeness (QED) is 0.854. The fraction of sp³-hybridized carbons (Fsp3) is 0.368. The van der Waals surface area contributed by atoms with E-state index in [0.29, 0.717) is 12.2 Å². The summed E-state index contributed by atoms with van der Waals surface area (Å²) in [5, 5.41) is 2.83. The number of nitrogens with one attached hydrogen (secondary N) is 1. The minimum atomic E-state index is -4.47. The van der Waals surface area contributed by atoms with Gasteiger partial charge >= 0.3 is 12.2 Å². The molecule has 2 amide bonds. The van der Waals surface area contributed by atoms with Crippen LogP contribution in [0.1, 0.15) is 18.1 Å². The predicted octanol–water partition coefficient (Wildman–Crippen LogP) is 4.15. The molecule has 2 heterocycles. The first-order chi connectivity index (χ1) is 12.8. The monoisotopic (exact) mass is 378 g/mol. The van der Waals surface area contributed by atoms with Crippen molar-refractivity contribution in [2.75, 3.05) is 29.9 Å². The second-order valence-electron chi connectivity index (χ2n) is 6.66. The molecule has 27 heavy (non-hydrogen) atoms. The molecule has 1 aliphatic rings. The van der Waals surface area contributed by atoms with Crippen LogP contribution in [0.3, 0.4) is 0 Å². The first-order valence-corrected chi connectivity index (χ1v) is 8.67. The molecule has 0 aliphatic carbocycles. The van der Waals surface area contributed by atoms with Gasteiger partial charge in [0.2, 0.25) is 0 Å². The Labute approximate surface area is 155 Å². The predicted molar refractivity (Wildman–Crippen MR) is 97.8 cm³/mol. The molecule has 1 aromatic heterocycles. The molecule has 0 radical (unpaired) electrons. The smallest absolute Gasteiger partial charge is 0.352 e. The average molecular weight is 378 g/mol. The summed E-state index contributed by atoms with van der Waals surface area (Å²) in [4.78, 5) is 19.7. The van der Waals surface area contributed by atoms with Crippen LogP contribution in [-0.4, -0.2) is 41.6 Å². The van der Waals surface area contributed by atoms with Crippen molar-refractivity contribution in [1.29, 1.82) is 0 Å². The largest absolute Gasteiger partial charge is 0.419 e. The maximum absolute atomic E-state index is 13.2. The van der Waals surface area contributed by atoms with Gasteiger partial charge in [0.15, 0.2) is 0 Å². The maximum Gasteiger partial charge on any atom is 0.419 e. The Morgan fingerprint density at radius 1 is 1.19 bits per heavy atom. The highest BCUT2D eigenvalue weighted by molar-refractivity contribution is 5.89. The Kier molecular flexibility index (Phi) is 5.25. The number of amides is 2. The molecule has 0 spiro atoms. The summed E-state index contributed by atoms with van der Waals surface area (Å²) < 4.78 is 39.7. The number of carbonyl (C=O) groups is 1. The number of aryl methyl sites for hydroxylation is 1. The number of benzene rings is 1. The number of alkyl halides is 3. The average Bonchev–Trinajstić information content (AvgIpc) is 2.62. The van der Waals surface area contributed by atoms with Gasteiger partial charge in [-0.25, -0.2) is 9.78 Å². The maximum atomic E-state index is 13.2. The Balaban J connectivity index is 1.69. The van der Waals surface area contributed by atoms with Gasteiger partial charge in [-0.2, -0.15) is 13.2 Å². The lowest BCUT2D eigenvalue weighted by atomic mass is 10.1. The number of aromatic nitrogens is 1. The zero-order valence-corrected chi connectivity index (χ0v) is 15.1. The number of urea groups is 1. The second-order valence-corrected chi connectivity index (χ2v) is 6.66. The highest BCUT2D eigenvalue weighted by Gasteiger charge is 2.37. The lowest BCUT2D eigenvalue weighted by Gasteiger charge is -2.40. The van der Waals surface area contributed by atoms with Gasteiger partial charge < -0.3 is 15.1 Å². The van der Waals surface area contributed by atoms with E-state index in [-0.39, 0.29) is 31.0 Å². The Bertz CT molecular complexity index is 807. The van der Waals surface area contributed by atoms with Crippen LogP contribution in [-0.2, 0) is 6.18 Å². The molecule has 1 N–H and O–H groups in total. The van der Waals surface area contributed by atoms with Crippen LogP contribution >= 0.6 is 0 Å². The van der Waals surface area contributed by atoms with Gasteiger partial charge in [-0.1, -0.05) is 17.7 Å². The summed E-state index contributed by atoms with van der Waals surface area (Å²) in [6.07, 6.45) is -3.11. The van der Waals surface area contributed by atoms with Crippen LogP contribution in [0.25, 0.3) is 0 Å². The van der Waals surface area contributed by atoms with E-state index in [1.54, 1.807) is 9.80 Å². The summed E-state index contributed by atoms with van der Waals surface area (Å²) in [5.41, 5.74) is 1.02. The van der Waals surface area contributed by atoms with Gasteiger partial charge in [0.05, 0.1) is 5.56 Å². The van der Waals surface area contributed by atoms with E-state index in [4.69, 9.17) is 0 Å². The standard InChI is InChI=1S/C19H21F3N4O/c1-13-5-7-15(8-6-13)24-18(27)26-11-10-25(12-14(26)2)17-16(19(20,21)22)4-3-9-23-17/h3-9,14H,10-12H2,1-2H3,(H,24,27)/t14-/m1/s1. The van der Waals surface area contributed by atoms with Crippen LogP contribution in [0.2, 0.25) is 0 Å². The van der Waals surface area contributed by atoms with Crippen molar-refractivity contribution in [1.82, 2.24) is 9.88 Å². The number of carbonyl (C=O) groups excluding carboxylic acids is 1. The molecular weight excluding hydrogens is 357 g/mol. The van der Waals surface area contributed by atoms with Gasteiger partial charge in [-0.05, 0) is 38.1 Å². The fourth-order valence-corrected chi connectivity index (χ4v) is 3.15. The molecule has 1 fully saturated rings. The zero-order chi connectivity index (χ0) is 19.6. The summed E-state index contributed by atoms with van der Waals surface area (Å²) >= 11 is 0. The molecule has 1 saturated heterocycles. The summed E-state index contributed by atoms with van der Waals surface area (Å²) in [5.74, 6) is -0.0876. The van der Waals surface area contributed by atoms with Gasteiger partial charge in [0, 0.05) is 37.6 Å². The molecule has 2 aromatic rings. The third-order valence-electron chi connectivity index (χ3n) is 4.58. The summed E-state index contributed by atoms with van der Waals surface area (Å²) in [6.45, 7) is 4.65. The van der Waals surface area contributed by atoms with E-state index in [0.717, 1.165) is 11.6 Å². The minimum Gasteiger partial charge on any atom is -0.352 e. The SMILES string of the molecule is Cc1ccc(NC(=O)N2CCN(c3ncccc3C(F)(F)F)C[C@H]2C)cc1. The Hall–Kier alpha value is -2.77. The molecule has 8 heteroatoms. The van der Waals surface area contributed by atoms with Gasteiger partial charge in [-0.15, -0.1) is 0 Å². The van der Waals surface area contributed by atoms with Crippen LogP contribution in [0.15, 0.2) is 42.6 Å². The molecule has 144 valence electrons. The van der Waals surface area contributed by atoms with E-state index in [1.807, 2.05) is 38.1 Å². The van der Waals surface area contributed by atoms with Crippen molar-refractivity contribution in [2.24, 2.45) is 0 Å². The highest BCUT2D eigenvalue weighted by Crippen LogP contribution is 2.35. The van der Waals surface area contributed by atoms with Crippen LogP contribution in [0.5, 0.6) is 0 Å². The van der Waals surface area contributed by atoms with Gasteiger partial charge in [0.25, 0.3) is 0 Å². The summed E-state index contributed by atoms with van der Waals surface area (Å²) in [6, 6.07) is 9.23. The molecule has 0 unspecified atom stereocenters. The van der Waals surface area contributed by atoms with Crippen molar-refractivity contribution >= 4 is 17.5 Å². The number of piperazine rings is 1. The zero-order valence-electron chi connectivity index (χ0n) is 15.1. The molecule has 1 atom stereocenters. The van der Waals surface area contributed by atoms with E-state index in [2.05, 4.69) is 10.3 Å². The minimum absolute atomic E-state index is 0.0876. The molecule has 1 aliphatic heterocycles. The summed E-state index contributed by atoms with van der Waals surface area (Å²) in [7, 11) is 0. The van der Waals surface area contributed by atoms with Crippen molar-refractivity contribution in [3.63, 3.8) is 0 Å². The Morgan fingerprint density at radius 2 is 1.89 bits per heavy atom. The van der Waals surface area contributed by atoms with Crippen LogP contribution in [0.4, 0.5) is 29.5 Å². The normalized spacial score (nSPS) is 17.7. The van der Waals surface area contributed by atoms with E-state index in [1.165, 1.54) is 12.3 Å². The lowest BCUT2D eigenvalue weighted by Crippen LogP contribution is -2.55. The van der Waals surface area contributed by atoms with E-state index < -0.39 is 11.7 Å². The first-order valence-electron chi connectivity index (χ1n) is 8.67. The van der Waals surface area contributed by atoms with Crippen molar-refractivity contribution in [2.45, 2.75) is 26.1 Å². The second kappa shape index (κ2) is 7.46. The number of rotatable bonds is 2. The molecule has 0 bridgehead atoms. The number of hydrogen-bond acceptors (Lipinski definition) is 3. The van der Waals surface area contributed by atoms with Crippen molar-refractivity contribution in [3.05, 3.63) is 53.7 Å². The highest BCUT2D eigenvalue weighted by atomic mass is 19.4. The number of pyridine rings is 1. The molecule has 0 saturated carbocycles.